The van der Waals surface area contributed by atoms with Gasteiger partial charge in [0.1, 0.15) is 0 Å². The minimum atomic E-state index is -0.126. The van der Waals surface area contributed by atoms with E-state index >= 15 is 0 Å². The van der Waals surface area contributed by atoms with E-state index in [0.29, 0.717) is 17.9 Å². The molecule has 4 rings (SSSR count). The number of nitrogens with one attached hydrogen (secondary N) is 1. The molecule has 6 heteroatoms. The summed E-state index contributed by atoms with van der Waals surface area (Å²) in [6.45, 7) is 4.43. The Hall–Kier alpha value is -3.15. The van der Waals surface area contributed by atoms with E-state index in [2.05, 4.69) is 15.2 Å². The number of nitrogens with zero attached hydrogens (tertiary/aromatic N) is 4. The molecule has 3 aromatic heterocycles. The van der Waals surface area contributed by atoms with Gasteiger partial charge in [-0.2, -0.15) is 5.10 Å². The number of fused-ring (bicyclic) bond motifs is 1. The van der Waals surface area contributed by atoms with Crippen LogP contribution in [0.15, 0.2) is 53.3 Å². The summed E-state index contributed by atoms with van der Waals surface area (Å²) in [4.78, 5) is 17.0. The lowest BCUT2D eigenvalue weighted by Gasteiger charge is -2.04. The SMILES string of the molecule is Cc1cc(C)n(Cc2cc(=O)n3[nH]c(-c4ccccc4)cc3n2)n1. The summed E-state index contributed by atoms with van der Waals surface area (Å²) in [5, 5.41) is 7.53. The monoisotopic (exact) mass is 319 g/mol. The van der Waals surface area contributed by atoms with E-state index in [4.69, 9.17) is 0 Å². The van der Waals surface area contributed by atoms with Gasteiger partial charge >= 0.3 is 0 Å². The number of benzene rings is 1. The maximum absolute atomic E-state index is 12.4. The number of aromatic amines is 1. The van der Waals surface area contributed by atoms with Gasteiger partial charge in [-0.1, -0.05) is 30.3 Å². The Morgan fingerprint density at radius 1 is 1.08 bits per heavy atom. The predicted octanol–water partition coefficient (Wildman–Crippen LogP) is 2.55. The molecule has 0 aliphatic rings. The van der Waals surface area contributed by atoms with Crippen molar-refractivity contribution < 1.29 is 0 Å². The normalized spacial score (nSPS) is 11.2. The predicted molar refractivity (Wildman–Crippen MR) is 92.1 cm³/mol. The molecule has 0 unspecified atom stereocenters. The van der Waals surface area contributed by atoms with E-state index in [0.717, 1.165) is 22.6 Å². The average molecular weight is 319 g/mol. The number of aromatic nitrogens is 5. The molecule has 0 saturated carbocycles. The number of hydrogen-bond acceptors (Lipinski definition) is 3. The number of rotatable bonds is 3. The van der Waals surface area contributed by atoms with Gasteiger partial charge in [0, 0.05) is 17.8 Å². The lowest BCUT2D eigenvalue weighted by Crippen LogP contribution is -2.17. The highest BCUT2D eigenvalue weighted by Gasteiger charge is 2.09. The van der Waals surface area contributed by atoms with E-state index in [1.165, 1.54) is 4.52 Å². The molecule has 3 heterocycles. The molecule has 0 saturated heterocycles. The highest BCUT2D eigenvalue weighted by atomic mass is 16.1. The van der Waals surface area contributed by atoms with Crippen molar-refractivity contribution in [3.8, 4) is 11.3 Å². The van der Waals surface area contributed by atoms with Crippen molar-refractivity contribution in [2.24, 2.45) is 0 Å². The summed E-state index contributed by atoms with van der Waals surface area (Å²) >= 11 is 0. The lowest BCUT2D eigenvalue weighted by atomic mass is 10.2. The number of aryl methyl sites for hydroxylation is 2. The zero-order valence-electron chi connectivity index (χ0n) is 13.5. The van der Waals surface area contributed by atoms with Gasteiger partial charge in [0.25, 0.3) is 5.56 Å². The Bertz CT molecular complexity index is 1070. The van der Waals surface area contributed by atoms with E-state index in [-0.39, 0.29) is 5.56 Å². The fourth-order valence-corrected chi connectivity index (χ4v) is 2.88. The smallest absolute Gasteiger partial charge is 0.272 e. The van der Waals surface area contributed by atoms with Gasteiger partial charge in [0.2, 0.25) is 0 Å². The Labute approximate surface area is 138 Å². The topological polar surface area (TPSA) is 68.0 Å². The number of hydrogen-bond donors (Lipinski definition) is 1. The molecule has 0 aliphatic carbocycles. The second kappa shape index (κ2) is 5.49. The molecule has 6 nitrogen and oxygen atoms in total. The Morgan fingerprint density at radius 2 is 1.88 bits per heavy atom. The molecule has 0 fully saturated rings. The molecule has 0 radical (unpaired) electrons. The van der Waals surface area contributed by atoms with E-state index < -0.39 is 0 Å². The molecule has 1 aromatic carbocycles. The Kier molecular flexibility index (Phi) is 3.30. The maximum Gasteiger partial charge on any atom is 0.272 e. The highest BCUT2D eigenvalue weighted by Crippen LogP contribution is 2.17. The fourth-order valence-electron chi connectivity index (χ4n) is 2.88. The molecular weight excluding hydrogens is 302 g/mol. The van der Waals surface area contributed by atoms with Crippen LogP contribution >= 0.6 is 0 Å². The summed E-state index contributed by atoms with van der Waals surface area (Å²) < 4.78 is 3.32. The molecular formula is C18H17N5O. The first-order valence-corrected chi connectivity index (χ1v) is 7.78. The summed E-state index contributed by atoms with van der Waals surface area (Å²) in [6, 6.07) is 15.3. The van der Waals surface area contributed by atoms with Crippen molar-refractivity contribution in [2.45, 2.75) is 20.4 Å². The minimum Gasteiger partial charge on any atom is -0.289 e. The zero-order chi connectivity index (χ0) is 16.7. The first kappa shape index (κ1) is 14.4. The van der Waals surface area contributed by atoms with Crippen LogP contribution in [0.1, 0.15) is 17.1 Å². The van der Waals surface area contributed by atoms with Gasteiger partial charge in [-0.05, 0) is 25.5 Å². The van der Waals surface area contributed by atoms with Crippen molar-refractivity contribution in [3.05, 3.63) is 76.0 Å². The first-order chi connectivity index (χ1) is 11.6. The summed E-state index contributed by atoms with van der Waals surface area (Å²) in [7, 11) is 0. The highest BCUT2D eigenvalue weighted by molar-refractivity contribution is 5.63. The molecule has 0 aliphatic heterocycles. The van der Waals surface area contributed by atoms with Crippen molar-refractivity contribution in [3.63, 3.8) is 0 Å². The van der Waals surface area contributed by atoms with Crippen LogP contribution in [0, 0.1) is 13.8 Å². The van der Waals surface area contributed by atoms with Gasteiger partial charge in [0.05, 0.1) is 23.6 Å². The minimum absolute atomic E-state index is 0.126. The summed E-state index contributed by atoms with van der Waals surface area (Å²) in [6.07, 6.45) is 0. The zero-order valence-corrected chi connectivity index (χ0v) is 13.5. The molecule has 0 spiro atoms. The first-order valence-electron chi connectivity index (χ1n) is 7.78. The van der Waals surface area contributed by atoms with Gasteiger partial charge < -0.3 is 0 Å². The van der Waals surface area contributed by atoms with Gasteiger partial charge in [0.15, 0.2) is 5.65 Å². The number of H-pyrrole nitrogens is 1. The van der Waals surface area contributed by atoms with Crippen LogP contribution < -0.4 is 5.56 Å². The van der Waals surface area contributed by atoms with E-state index in [1.54, 1.807) is 6.07 Å². The quantitative estimate of drug-likeness (QED) is 0.631. The van der Waals surface area contributed by atoms with Crippen LogP contribution in [-0.4, -0.2) is 24.4 Å². The summed E-state index contributed by atoms with van der Waals surface area (Å²) in [5.41, 5.74) is 5.07. The van der Waals surface area contributed by atoms with Gasteiger partial charge in [-0.25, -0.2) is 9.50 Å². The largest absolute Gasteiger partial charge is 0.289 e. The average Bonchev–Trinajstić information content (AvgIpc) is 3.12. The van der Waals surface area contributed by atoms with Crippen molar-refractivity contribution >= 4 is 5.65 Å². The summed E-state index contributed by atoms with van der Waals surface area (Å²) in [5.74, 6) is 0. The van der Waals surface area contributed by atoms with Crippen molar-refractivity contribution in [2.75, 3.05) is 0 Å². The van der Waals surface area contributed by atoms with Crippen LogP contribution in [-0.2, 0) is 6.54 Å². The third-order valence-corrected chi connectivity index (χ3v) is 4.00. The molecule has 120 valence electrons. The standard InChI is InChI=1S/C18H17N5O/c1-12-8-13(2)22(20-12)11-15-9-18(24)23-17(19-15)10-16(21-23)14-6-4-3-5-7-14/h3-10,21H,11H2,1-2H3. The van der Waals surface area contributed by atoms with Crippen LogP contribution in [0.25, 0.3) is 16.9 Å². The molecule has 24 heavy (non-hydrogen) atoms. The Morgan fingerprint density at radius 3 is 2.58 bits per heavy atom. The van der Waals surface area contributed by atoms with E-state index in [1.807, 2.05) is 61.0 Å². The third-order valence-electron chi connectivity index (χ3n) is 4.00. The Balaban J connectivity index is 1.77. The van der Waals surface area contributed by atoms with Gasteiger partial charge in [-0.15, -0.1) is 0 Å². The third kappa shape index (κ3) is 2.52. The molecule has 0 atom stereocenters. The fraction of sp³-hybridized carbons (Fsp3) is 0.167. The second-order valence-corrected chi connectivity index (χ2v) is 5.90. The van der Waals surface area contributed by atoms with E-state index in [9.17, 15) is 4.79 Å². The van der Waals surface area contributed by atoms with Crippen LogP contribution in [0.2, 0.25) is 0 Å². The van der Waals surface area contributed by atoms with Gasteiger partial charge in [-0.3, -0.25) is 14.6 Å². The lowest BCUT2D eigenvalue weighted by molar-refractivity contribution is 0.644. The van der Waals surface area contributed by atoms with Crippen molar-refractivity contribution in [1.29, 1.82) is 0 Å². The molecule has 1 N–H and O–H groups in total. The second-order valence-electron chi connectivity index (χ2n) is 5.90. The van der Waals surface area contributed by atoms with Crippen LogP contribution in [0.5, 0.6) is 0 Å². The molecule has 0 amide bonds. The van der Waals surface area contributed by atoms with Crippen molar-refractivity contribution in [1.82, 2.24) is 24.4 Å². The van der Waals surface area contributed by atoms with Crippen LogP contribution in [0.3, 0.4) is 0 Å². The molecule has 4 aromatic rings. The van der Waals surface area contributed by atoms with Crippen LogP contribution in [0.4, 0.5) is 0 Å². The maximum atomic E-state index is 12.4. The molecule has 0 bridgehead atoms.